The van der Waals surface area contributed by atoms with Gasteiger partial charge in [0.25, 0.3) is 11.8 Å². The molecule has 0 radical (unpaired) electrons. The Hall–Kier alpha value is -3.26. The molecule has 0 saturated carbocycles. The van der Waals surface area contributed by atoms with Crippen molar-refractivity contribution < 1.29 is 23.5 Å². The maximum atomic E-state index is 12.5. The van der Waals surface area contributed by atoms with Gasteiger partial charge in [-0.05, 0) is 42.5 Å². The van der Waals surface area contributed by atoms with Crippen LogP contribution in [0.15, 0.2) is 69.8 Å². The molecule has 3 aromatic rings. The molecule has 0 aliphatic heterocycles. The Morgan fingerprint density at radius 2 is 1.90 bits per heavy atom. The second kappa shape index (κ2) is 9.79. The summed E-state index contributed by atoms with van der Waals surface area (Å²) >= 11 is 3.35. The lowest BCUT2D eigenvalue weighted by Crippen LogP contribution is -2.26. The molecule has 1 heterocycles. The highest BCUT2D eigenvalue weighted by Crippen LogP contribution is 2.30. The van der Waals surface area contributed by atoms with Gasteiger partial charge in [0.1, 0.15) is 5.76 Å². The quantitative estimate of drug-likeness (QED) is 0.532. The number of anilines is 1. The minimum Gasteiger partial charge on any atom is -0.493 e. The highest BCUT2D eigenvalue weighted by atomic mass is 79.9. The van der Waals surface area contributed by atoms with Gasteiger partial charge >= 0.3 is 0 Å². The summed E-state index contributed by atoms with van der Waals surface area (Å²) in [5.74, 6) is 0.849. The van der Waals surface area contributed by atoms with E-state index in [4.69, 9.17) is 13.9 Å². The molecule has 0 aliphatic rings. The van der Waals surface area contributed by atoms with Crippen molar-refractivity contribution in [2.75, 3.05) is 19.0 Å². The van der Waals surface area contributed by atoms with E-state index < -0.39 is 5.91 Å². The third-order valence-electron chi connectivity index (χ3n) is 3.93. The minimum atomic E-state index is -0.404. The van der Waals surface area contributed by atoms with Crippen molar-refractivity contribution in [2.45, 2.75) is 6.54 Å². The van der Waals surface area contributed by atoms with Gasteiger partial charge in [-0.25, -0.2) is 0 Å². The maximum absolute atomic E-state index is 12.5. The number of furan rings is 1. The summed E-state index contributed by atoms with van der Waals surface area (Å²) in [5, 5.41) is 5.46. The van der Waals surface area contributed by atoms with Gasteiger partial charge in [-0.3, -0.25) is 9.59 Å². The minimum absolute atomic E-state index is 0.241. The Morgan fingerprint density at radius 1 is 1.07 bits per heavy atom. The normalized spacial score (nSPS) is 10.3. The molecule has 0 spiro atoms. The number of nitrogens with one attached hydrogen (secondary N) is 2. The third kappa shape index (κ3) is 5.61. The molecule has 2 amide bonds. The molecule has 0 unspecified atom stereocenters. The number of carbonyl (C=O) groups is 2. The topological polar surface area (TPSA) is 89.8 Å². The van der Waals surface area contributed by atoms with Crippen molar-refractivity contribution in [1.29, 1.82) is 0 Å². The van der Waals surface area contributed by atoms with E-state index in [0.29, 0.717) is 28.5 Å². The van der Waals surface area contributed by atoms with E-state index in [9.17, 15) is 9.59 Å². The molecular weight excluding hydrogens is 440 g/mol. The van der Waals surface area contributed by atoms with Crippen LogP contribution in [0.25, 0.3) is 0 Å². The number of amides is 2. The van der Waals surface area contributed by atoms with Crippen molar-refractivity contribution in [3.05, 3.63) is 76.7 Å². The molecule has 150 valence electrons. The third-order valence-corrected chi connectivity index (χ3v) is 4.43. The van der Waals surface area contributed by atoms with Crippen LogP contribution in [0.3, 0.4) is 0 Å². The van der Waals surface area contributed by atoms with Crippen LogP contribution in [-0.2, 0) is 11.3 Å². The first kappa shape index (κ1) is 20.5. The number of hydrogen-bond donors (Lipinski definition) is 2. The molecule has 7 nitrogen and oxygen atoms in total. The van der Waals surface area contributed by atoms with Gasteiger partial charge in [0, 0.05) is 4.47 Å². The Balaban J connectivity index is 1.62. The molecule has 0 bridgehead atoms. The molecule has 0 atom stereocenters. The second-order valence-corrected chi connectivity index (χ2v) is 6.86. The Bertz CT molecular complexity index is 988. The first-order valence-electron chi connectivity index (χ1n) is 8.72. The van der Waals surface area contributed by atoms with Crippen LogP contribution in [0.4, 0.5) is 5.69 Å². The number of benzene rings is 2. The van der Waals surface area contributed by atoms with Gasteiger partial charge in [-0.15, -0.1) is 0 Å². The first-order chi connectivity index (χ1) is 14.1. The van der Waals surface area contributed by atoms with E-state index in [1.807, 2.05) is 6.07 Å². The summed E-state index contributed by atoms with van der Waals surface area (Å²) in [6.07, 6.45) is 1.54. The highest BCUT2D eigenvalue weighted by molar-refractivity contribution is 9.10. The van der Waals surface area contributed by atoms with E-state index in [2.05, 4.69) is 26.6 Å². The number of rotatable bonds is 8. The van der Waals surface area contributed by atoms with Crippen molar-refractivity contribution >= 4 is 33.4 Å². The van der Waals surface area contributed by atoms with E-state index in [1.54, 1.807) is 48.5 Å². The monoisotopic (exact) mass is 458 g/mol. The molecule has 2 N–H and O–H groups in total. The largest absolute Gasteiger partial charge is 0.493 e. The van der Waals surface area contributed by atoms with Crippen LogP contribution in [0.1, 0.15) is 16.1 Å². The average Bonchev–Trinajstić information content (AvgIpc) is 3.25. The summed E-state index contributed by atoms with van der Waals surface area (Å²) in [6, 6.07) is 15.5. The summed E-state index contributed by atoms with van der Waals surface area (Å²) in [6.45, 7) is 0.00899. The number of hydrogen-bond acceptors (Lipinski definition) is 5. The van der Waals surface area contributed by atoms with E-state index in [1.165, 1.54) is 13.4 Å². The van der Waals surface area contributed by atoms with Crippen LogP contribution in [-0.4, -0.2) is 25.5 Å². The molecule has 2 aromatic carbocycles. The first-order valence-corrected chi connectivity index (χ1v) is 9.52. The Labute approximate surface area is 176 Å². The van der Waals surface area contributed by atoms with Crippen molar-refractivity contribution in [3.8, 4) is 11.5 Å². The zero-order valence-corrected chi connectivity index (χ0v) is 17.2. The predicted octanol–water partition coefficient (Wildman–Crippen LogP) is 4.00. The zero-order chi connectivity index (χ0) is 20.6. The summed E-state index contributed by atoms with van der Waals surface area (Å²) in [4.78, 5) is 24.8. The molecular formula is C21H19BrN2O5. The van der Waals surface area contributed by atoms with Gasteiger partial charge in [-0.2, -0.15) is 0 Å². The molecule has 1 aromatic heterocycles. The number of carbonyl (C=O) groups excluding carboxylic acids is 2. The smallest absolute Gasteiger partial charge is 0.262 e. The number of ether oxygens (including phenoxy) is 2. The van der Waals surface area contributed by atoms with Gasteiger partial charge in [0.05, 0.1) is 31.2 Å². The van der Waals surface area contributed by atoms with Crippen LogP contribution in [0.2, 0.25) is 0 Å². The molecule has 0 saturated heterocycles. The van der Waals surface area contributed by atoms with E-state index in [0.717, 1.165) is 4.47 Å². The van der Waals surface area contributed by atoms with Crippen LogP contribution < -0.4 is 20.1 Å². The summed E-state index contributed by atoms with van der Waals surface area (Å²) in [7, 11) is 1.52. The molecule has 0 aliphatic carbocycles. The van der Waals surface area contributed by atoms with E-state index in [-0.39, 0.29) is 19.1 Å². The number of methoxy groups -OCH3 is 1. The second-order valence-electron chi connectivity index (χ2n) is 5.94. The molecule has 8 heteroatoms. The molecule has 29 heavy (non-hydrogen) atoms. The lowest BCUT2D eigenvalue weighted by atomic mass is 10.1. The maximum Gasteiger partial charge on any atom is 0.262 e. The van der Waals surface area contributed by atoms with Crippen LogP contribution in [0.5, 0.6) is 11.5 Å². The van der Waals surface area contributed by atoms with Gasteiger partial charge in [0.15, 0.2) is 18.1 Å². The van der Waals surface area contributed by atoms with E-state index >= 15 is 0 Å². The van der Waals surface area contributed by atoms with Crippen LogP contribution in [0, 0.1) is 0 Å². The van der Waals surface area contributed by atoms with Gasteiger partial charge in [-0.1, -0.05) is 28.1 Å². The van der Waals surface area contributed by atoms with Crippen molar-refractivity contribution in [2.24, 2.45) is 0 Å². The van der Waals surface area contributed by atoms with Gasteiger partial charge < -0.3 is 24.5 Å². The Morgan fingerprint density at radius 3 is 2.66 bits per heavy atom. The highest BCUT2D eigenvalue weighted by Gasteiger charge is 2.14. The Kier molecular flexibility index (Phi) is 6.91. The fourth-order valence-corrected chi connectivity index (χ4v) is 2.90. The fourth-order valence-electron chi connectivity index (χ4n) is 2.56. The number of para-hydroxylation sites is 1. The van der Waals surface area contributed by atoms with Gasteiger partial charge in [0.2, 0.25) is 0 Å². The predicted molar refractivity (Wildman–Crippen MR) is 111 cm³/mol. The van der Waals surface area contributed by atoms with Crippen molar-refractivity contribution in [3.63, 3.8) is 0 Å². The summed E-state index contributed by atoms with van der Waals surface area (Å²) < 4.78 is 16.8. The molecule has 0 fully saturated rings. The van der Waals surface area contributed by atoms with Crippen molar-refractivity contribution in [1.82, 2.24) is 5.32 Å². The number of halogens is 1. The summed E-state index contributed by atoms with van der Waals surface area (Å²) in [5.41, 5.74) is 0.728. The van der Waals surface area contributed by atoms with Crippen LogP contribution >= 0.6 is 15.9 Å². The SMILES string of the molecule is COc1ccc(Br)cc1OCC(=O)Nc1ccccc1C(=O)NCc1ccco1. The zero-order valence-electron chi connectivity index (χ0n) is 15.6. The molecule has 3 rings (SSSR count). The lowest BCUT2D eigenvalue weighted by molar-refractivity contribution is -0.118. The lowest BCUT2D eigenvalue weighted by Gasteiger charge is -2.13. The standard InChI is InChI=1S/C21H19BrN2O5/c1-27-18-9-8-14(22)11-19(18)29-13-20(25)24-17-7-3-2-6-16(17)21(26)23-12-15-5-4-10-28-15/h2-11H,12-13H2,1H3,(H,23,26)(H,24,25). The fraction of sp³-hybridized carbons (Fsp3) is 0.143. The average molecular weight is 459 g/mol.